The van der Waals surface area contributed by atoms with E-state index < -0.39 is 0 Å². The van der Waals surface area contributed by atoms with Crippen LogP contribution >= 0.6 is 0 Å². The van der Waals surface area contributed by atoms with E-state index in [4.69, 9.17) is 18.4 Å². The monoisotopic (exact) mass is 327 g/mol. The largest absolute Gasteiger partial charge is 0.493 e. The highest BCUT2D eigenvalue weighted by molar-refractivity contribution is 5.62. The van der Waals surface area contributed by atoms with E-state index in [1.54, 1.807) is 32.6 Å². The predicted molar refractivity (Wildman–Crippen MR) is 84.9 cm³/mol. The van der Waals surface area contributed by atoms with Crippen LogP contribution in [-0.4, -0.2) is 29.3 Å². The Balaban J connectivity index is 1.61. The Labute approximate surface area is 138 Å². The van der Waals surface area contributed by atoms with E-state index in [1.165, 1.54) is 6.42 Å². The predicted octanol–water partition coefficient (Wildman–Crippen LogP) is 3.68. The maximum atomic E-state index is 5.53. The van der Waals surface area contributed by atoms with Gasteiger partial charge in [0, 0.05) is 11.5 Å². The van der Waals surface area contributed by atoms with Gasteiger partial charge in [-0.25, -0.2) is 4.98 Å². The summed E-state index contributed by atoms with van der Waals surface area (Å²) < 4.78 is 21.4. The Kier molecular flexibility index (Phi) is 3.68. The number of benzene rings is 1. The van der Waals surface area contributed by atoms with E-state index >= 15 is 0 Å². The molecule has 0 bridgehead atoms. The molecule has 0 unspecified atom stereocenters. The standard InChI is InChI=1S/C17H17N3O4/c1-21-13-7-6-11(8-14(13)22-2)15-19-17(24-20-15)12-9-23-16(18-12)10-4-3-5-10/h6-10H,3-5H2,1-2H3. The van der Waals surface area contributed by atoms with Crippen LogP contribution in [0.3, 0.4) is 0 Å². The van der Waals surface area contributed by atoms with Crippen LogP contribution in [0.2, 0.25) is 0 Å². The molecular formula is C17H17N3O4. The average molecular weight is 327 g/mol. The minimum atomic E-state index is 0.342. The molecule has 0 aliphatic heterocycles. The van der Waals surface area contributed by atoms with Gasteiger partial charge in [0.05, 0.1) is 14.2 Å². The molecule has 24 heavy (non-hydrogen) atoms. The molecule has 0 amide bonds. The summed E-state index contributed by atoms with van der Waals surface area (Å²) in [7, 11) is 3.18. The number of rotatable bonds is 5. The van der Waals surface area contributed by atoms with Crippen molar-refractivity contribution >= 4 is 0 Å². The summed E-state index contributed by atoms with van der Waals surface area (Å²) >= 11 is 0. The highest BCUT2D eigenvalue weighted by atomic mass is 16.5. The SMILES string of the molecule is COc1ccc(-c2noc(-c3coc(C4CCC4)n3)n2)cc1OC. The topological polar surface area (TPSA) is 83.4 Å². The molecule has 2 heterocycles. The van der Waals surface area contributed by atoms with Crippen molar-refractivity contribution < 1.29 is 18.4 Å². The molecule has 7 heteroatoms. The van der Waals surface area contributed by atoms with Gasteiger partial charge in [0.25, 0.3) is 5.89 Å². The van der Waals surface area contributed by atoms with Crippen molar-refractivity contribution in [2.45, 2.75) is 25.2 Å². The smallest absolute Gasteiger partial charge is 0.280 e. The van der Waals surface area contributed by atoms with Crippen LogP contribution < -0.4 is 9.47 Å². The van der Waals surface area contributed by atoms with Crippen molar-refractivity contribution in [3.8, 4) is 34.5 Å². The third-order valence-corrected chi connectivity index (χ3v) is 4.26. The maximum Gasteiger partial charge on any atom is 0.280 e. The molecule has 1 fully saturated rings. The highest BCUT2D eigenvalue weighted by Gasteiger charge is 2.25. The van der Waals surface area contributed by atoms with Crippen molar-refractivity contribution in [3.05, 3.63) is 30.4 Å². The number of aromatic nitrogens is 3. The van der Waals surface area contributed by atoms with E-state index in [0.717, 1.165) is 24.3 Å². The molecule has 0 radical (unpaired) electrons. The van der Waals surface area contributed by atoms with Gasteiger partial charge in [-0.05, 0) is 31.0 Å². The van der Waals surface area contributed by atoms with Gasteiger partial charge >= 0.3 is 0 Å². The summed E-state index contributed by atoms with van der Waals surface area (Å²) in [6.45, 7) is 0. The molecule has 2 aromatic heterocycles. The quantitative estimate of drug-likeness (QED) is 0.706. The minimum Gasteiger partial charge on any atom is -0.493 e. The lowest BCUT2D eigenvalue weighted by atomic mass is 9.85. The van der Waals surface area contributed by atoms with Crippen LogP contribution in [0.4, 0.5) is 0 Å². The third kappa shape index (κ3) is 2.51. The van der Waals surface area contributed by atoms with Crippen LogP contribution in [0.5, 0.6) is 11.5 Å². The van der Waals surface area contributed by atoms with Crippen molar-refractivity contribution in [1.29, 1.82) is 0 Å². The summed E-state index contributed by atoms with van der Waals surface area (Å²) in [6, 6.07) is 5.45. The zero-order valence-electron chi connectivity index (χ0n) is 13.5. The van der Waals surface area contributed by atoms with Crippen molar-refractivity contribution in [2.24, 2.45) is 0 Å². The highest BCUT2D eigenvalue weighted by Crippen LogP contribution is 2.37. The van der Waals surface area contributed by atoms with Crippen LogP contribution in [0.15, 0.2) is 33.4 Å². The summed E-state index contributed by atoms with van der Waals surface area (Å²) in [5.74, 6) is 3.23. The molecular weight excluding hydrogens is 310 g/mol. The first-order valence-electron chi connectivity index (χ1n) is 7.80. The second kappa shape index (κ2) is 5.99. The summed E-state index contributed by atoms with van der Waals surface area (Å²) in [5, 5.41) is 4.02. The molecule has 124 valence electrons. The number of nitrogens with zero attached hydrogens (tertiary/aromatic N) is 3. The van der Waals surface area contributed by atoms with Crippen LogP contribution in [-0.2, 0) is 0 Å². The molecule has 1 aromatic carbocycles. The fraction of sp³-hybridized carbons (Fsp3) is 0.353. The van der Waals surface area contributed by atoms with Crippen molar-refractivity contribution in [1.82, 2.24) is 15.1 Å². The molecule has 3 aromatic rings. The molecule has 1 aliphatic rings. The molecule has 0 spiro atoms. The Morgan fingerprint density at radius 3 is 2.62 bits per heavy atom. The van der Waals surface area contributed by atoms with Gasteiger partial charge in [0.15, 0.2) is 23.1 Å². The van der Waals surface area contributed by atoms with E-state index in [9.17, 15) is 0 Å². The van der Waals surface area contributed by atoms with Gasteiger partial charge in [0.1, 0.15) is 6.26 Å². The first kappa shape index (κ1) is 14.7. The van der Waals surface area contributed by atoms with Crippen LogP contribution in [0.1, 0.15) is 31.1 Å². The Morgan fingerprint density at radius 1 is 1.08 bits per heavy atom. The fourth-order valence-electron chi connectivity index (χ4n) is 2.65. The van der Waals surface area contributed by atoms with Gasteiger partial charge in [-0.2, -0.15) is 4.98 Å². The van der Waals surface area contributed by atoms with E-state index in [1.807, 2.05) is 6.07 Å². The number of oxazole rings is 1. The zero-order chi connectivity index (χ0) is 16.5. The third-order valence-electron chi connectivity index (χ3n) is 4.26. The summed E-state index contributed by atoms with van der Waals surface area (Å²) in [6.07, 6.45) is 5.05. The molecule has 4 rings (SSSR count). The number of hydrogen-bond donors (Lipinski definition) is 0. The van der Waals surface area contributed by atoms with E-state index in [0.29, 0.717) is 34.8 Å². The van der Waals surface area contributed by atoms with Gasteiger partial charge < -0.3 is 18.4 Å². The number of methoxy groups -OCH3 is 2. The molecule has 7 nitrogen and oxygen atoms in total. The summed E-state index contributed by atoms with van der Waals surface area (Å²) in [4.78, 5) is 8.86. The Morgan fingerprint density at radius 2 is 1.92 bits per heavy atom. The van der Waals surface area contributed by atoms with Gasteiger partial charge in [-0.1, -0.05) is 11.6 Å². The maximum absolute atomic E-state index is 5.53. The average Bonchev–Trinajstić information content (AvgIpc) is 3.21. The van der Waals surface area contributed by atoms with E-state index in [2.05, 4.69) is 15.1 Å². The van der Waals surface area contributed by atoms with Crippen LogP contribution in [0, 0.1) is 0 Å². The lowest BCUT2D eigenvalue weighted by molar-refractivity contribution is 0.335. The molecule has 0 N–H and O–H groups in total. The normalized spacial score (nSPS) is 14.4. The Hall–Kier alpha value is -2.83. The lowest BCUT2D eigenvalue weighted by Crippen LogP contribution is -2.08. The minimum absolute atomic E-state index is 0.342. The number of ether oxygens (including phenoxy) is 2. The van der Waals surface area contributed by atoms with Gasteiger partial charge in [0.2, 0.25) is 5.82 Å². The Bertz CT molecular complexity index is 851. The molecule has 0 atom stereocenters. The lowest BCUT2D eigenvalue weighted by Gasteiger charge is -2.21. The van der Waals surface area contributed by atoms with Crippen LogP contribution in [0.25, 0.3) is 23.0 Å². The fourth-order valence-corrected chi connectivity index (χ4v) is 2.65. The first-order chi connectivity index (χ1) is 11.8. The number of hydrogen-bond acceptors (Lipinski definition) is 7. The molecule has 0 saturated heterocycles. The first-order valence-corrected chi connectivity index (χ1v) is 7.80. The second-order valence-corrected chi connectivity index (χ2v) is 5.69. The van der Waals surface area contributed by atoms with Gasteiger partial charge in [-0.15, -0.1) is 0 Å². The van der Waals surface area contributed by atoms with E-state index in [-0.39, 0.29) is 0 Å². The zero-order valence-corrected chi connectivity index (χ0v) is 13.5. The molecule has 1 saturated carbocycles. The summed E-state index contributed by atoms with van der Waals surface area (Å²) in [5.41, 5.74) is 1.33. The van der Waals surface area contributed by atoms with Crippen molar-refractivity contribution in [3.63, 3.8) is 0 Å². The second-order valence-electron chi connectivity index (χ2n) is 5.69. The van der Waals surface area contributed by atoms with Gasteiger partial charge in [-0.3, -0.25) is 0 Å². The molecule has 1 aliphatic carbocycles. The van der Waals surface area contributed by atoms with Crippen molar-refractivity contribution in [2.75, 3.05) is 14.2 Å².